The minimum Gasteiger partial charge on any atom is -0.464 e. The van der Waals surface area contributed by atoms with Gasteiger partial charge in [0.15, 0.2) is 0 Å². The van der Waals surface area contributed by atoms with Crippen LogP contribution in [0.25, 0.3) is 0 Å². The average molecular weight is 356 g/mol. The third kappa shape index (κ3) is 11.6. The Morgan fingerprint density at radius 3 is 1.80 bits per heavy atom. The predicted molar refractivity (Wildman–Crippen MR) is 103 cm³/mol. The highest BCUT2D eigenvalue weighted by Gasteiger charge is 2.30. The van der Waals surface area contributed by atoms with Crippen molar-refractivity contribution in [3.8, 4) is 0 Å². The van der Waals surface area contributed by atoms with Gasteiger partial charge in [-0.05, 0) is 19.3 Å². The van der Waals surface area contributed by atoms with E-state index >= 15 is 0 Å². The first kappa shape index (κ1) is 22.4. The maximum atomic E-state index is 11.8. The van der Waals surface area contributed by atoms with Gasteiger partial charge < -0.3 is 9.94 Å². The van der Waals surface area contributed by atoms with E-state index in [-0.39, 0.29) is 5.97 Å². The fourth-order valence-corrected chi connectivity index (χ4v) is 3.56. The van der Waals surface area contributed by atoms with Crippen LogP contribution in [0, 0.1) is 0 Å². The van der Waals surface area contributed by atoms with E-state index in [9.17, 15) is 10.0 Å². The van der Waals surface area contributed by atoms with Crippen LogP contribution < -0.4 is 0 Å². The lowest BCUT2D eigenvalue weighted by atomic mass is 10.0. The highest BCUT2D eigenvalue weighted by atomic mass is 16.6. The van der Waals surface area contributed by atoms with Gasteiger partial charge in [0.2, 0.25) is 0 Å². The summed E-state index contributed by atoms with van der Waals surface area (Å²) in [4.78, 5) is 11.8. The molecule has 0 spiro atoms. The molecule has 1 rings (SSSR count). The summed E-state index contributed by atoms with van der Waals surface area (Å²) < 4.78 is 5.26. The molecule has 0 aliphatic carbocycles. The number of hydroxylamine groups is 2. The van der Waals surface area contributed by atoms with Gasteiger partial charge in [-0.3, -0.25) is 4.79 Å². The zero-order chi connectivity index (χ0) is 18.2. The van der Waals surface area contributed by atoms with Crippen molar-refractivity contribution in [1.82, 2.24) is 5.06 Å². The van der Waals surface area contributed by atoms with Gasteiger partial charge in [-0.2, -0.15) is 5.06 Å². The molecule has 0 saturated carbocycles. The van der Waals surface area contributed by atoms with E-state index in [0.29, 0.717) is 19.6 Å². The first-order valence-electron chi connectivity index (χ1n) is 10.9. The molecule has 0 amide bonds. The Hall–Kier alpha value is -0.610. The van der Waals surface area contributed by atoms with Crippen molar-refractivity contribution in [3.63, 3.8) is 0 Å². The van der Waals surface area contributed by atoms with Gasteiger partial charge in [0.05, 0.1) is 6.61 Å². The molecule has 1 aliphatic heterocycles. The normalized spacial score (nSPS) is 17.9. The second-order valence-corrected chi connectivity index (χ2v) is 7.58. The summed E-state index contributed by atoms with van der Waals surface area (Å²) in [5, 5.41) is 10.6. The molecule has 25 heavy (non-hydrogen) atoms. The van der Waals surface area contributed by atoms with Gasteiger partial charge >= 0.3 is 5.97 Å². The molecule has 0 aromatic heterocycles. The Bertz CT molecular complexity index is 322. The molecule has 1 saturated heterocycles. The predicted octanol–water partition coefficient (Wildman–Crippen LogP) is 5.86. The maximum absolute atomic E-state index is 11.8. The first-order chi connectivity index (χ1) is 12.3. The van der Waals surface area contributed by atoms with Crippen molar-refractivity contribution in [2.24, 2.45) is 0 Å². The van der Waals surface area contributed by atoms with E-state index in [4.69, 9.17) is 4.74 Å². The quantitative estimate of drug-likeness (QED) is 0.278. The van der Waals surface area contributed by atoms with Crippen LogP contribution in [-0.2, 0) is 9.53 Å². The largest absolute Gasteiger partial charge is 0.464 e. The fourth-order valence-electron chi connectivity index (χ4n) is 3.56. The van der Waals surface area contributed by atoms with Crippen LogP contribution in [0.1, 0.15) is 110 Å². The molecule has 1 atom stereocenters. The van der Waals surface area contributed by atoms with E-state index in [2.05, 4.69) is 6.92 Å². The van der Waals surface area contributed by atoms with Gasteiger partial charge in [0.1, 0.15) is 6.04 Å². The Morgan fingerprint density at radius 1 is 0.880 bits per heavy atom. The van der Waals surface area contributed by atoms with Crippen molar-refractivity contribution >= 4 is 5.97 Å². The zero-order valence-electron chi connectivity index (χ0n) is 16.5. The summed E-state index contributed by atoms with van der Waals surface area (Å²) in [5.41, 5.74) is 0. The molecular formula is C21H41NO3. The number of hydrogen-bond donors (Lipinski definition) is 1. The number of unbranched alkanes of at least 4 members (excludes halogenated alkanes) is 13. The van der Waals surface area contributed by atoms with Crippen molar-refractivity contribution in [2.45, 2.75) is 116 Å². The third-order valence-corrected chi connectivity index (χ3v) is 5.24. The summed E-state index contributed by atoms with van der Waals surface area (Å²) in [6, 6.07) is -0.424. The summed E-state index contributed by atoms with van der Waals surface area (Å²) in [7, 11) is 0. The number of ether oxygens (including phenoxy) is 1. The molecule has 148 valence electrons. The topological polar surface area (TPSA) is 49.8 Å². The van der Waals surface area contributed by atoms with E-state index in [0.717, 1.165) is 24.3 Å². The molecule has 0 radical (unpaired) electrons. The molecular weight excluding hydrogens is 314 g/mol. The number of esters is 1. The Balaban J connectivity index is 1.75. The second kappa shape index (κ2) is 15.6. The highest BCUT2D eigenvalue weighted by molar-refractivity contribution is 5.75. The van der Waals surface area contributed by atoms with Gasteiger partial charge in [-0.1, -0.05) is 90.4 Å². The summed E-state index contributed by atoms with van der Waals surface area (Å²) >= 11 is 0. The standard InChI is InChI=1S/C21H41NO3/c1-2-3-4-5-6-7-8-9-10-11-12-13-14-15-19-25-21(23)20-17-16-18-22(20)24/h20,24H,2-19H2,1H3. The van der Waals surface area contributed by atoms with Crippen LogP contribution in [-0.4, -0.2) is 35.4 Å². The Labute approximate surface area is 155 Å². The van der Waals surface area contributed by atoms with Crippen molar-refractivity contribution in [3.05, 3.63) is 0 Å². The molecule has 1 heterocycles. The second-order valence-electron chi connectivity index (χ2n) is 7.58. The molecule has 4 heteroatoms. The number of hydrogen-bond acceptors (Lipinski definition) is 4. The minimum atomic E-state index is -0.424. The fraction of sp³-hybridized carbons (Fsp3) is 0.952. The lowest BCUT2D eigenvalue weighted by molar-refractivity contribution is -0.167. The minimum absolute atomic E-state index is 0.255. The molecule has 1 N–H and O–H groups in total. The zero-order valence-corrected chi connectivity index (χ0v) is 16.5. The van der Waals surface area contributed by atoms with Crippen molar-refractivity contribution < 1.29 is 14.7 Å². The number of nitrogens with zero attached hydrogens (tertiary/aromatic N) is 1. The molecule has 0 aromatic carbocycles. The van der Waals surface area contributed by atoms with Crippen LogP contribution in [0.2, 0.25) is 0 Å². The number of carbonyl (C=O) groups is 1. The van der Waals surface area contributed by atoms with Crippen LogP contribution >= 0.6 is 0 Å². The number of rotatable bonds is 16. The summed E-state index contributed by atoms with van der Waals surface area (Å²) in [6.45, 7) is 3.35. The smallest absolute Gasteiger partial charge is 0.325 e. The molecule has 0 bridgehead atoms. The van der Waals surface area contributed by atoms with Crippen molar-refractivity contribution in [1.29, 1.82) is 0 Å². The van der Waals surface area contributed by atoms with Gasteiger partial charge in [-0.15, -0.1) is 0 Å². The van der Waals surface area contributed by atoms with Crippen LogP contribution in [0.3, 0.4) is 0 Å². The highest BCUT2D eigenvalue weighted by Crippen LogP contribution is 2.16. The monoisotopic (exact) mass is 355 g/mol. The summed E-state index contributed by atoms with van der Waals surface area (Å²) in [5.74, 6) is -0.255. The Kier molecular flexibility index (Phi) is 14.0. The lowest BCUT2D eigenvalue weighted by Crippen LogP contribution is -2.34. The molecule has 4 nitrogen and oxygen atoms in total. The average Bonchev–Trinajstić information content (AvgIpc) is 3.04. The molecule has 1 unspecified atom stereocenters. The van der Waals surface area contributed by atoms with Gasteiger partial charge in [-0.25, -0.2) is 0 Å². The SMILES string of the molecule is CCCCCCCCCCCCCCCCOC(=O)C1CCCN1O. The van der Waals surface area contributed by atoms with Crippen molar-refractivity contribution in [2.75, 3.05) is 13.2 Å². The van der Waals surface area contributed by atoms with Gasteiger partial charge in [0.25, 0.3) is 0 Å². The van der Waals surface area contributed by atoms with Crippen LogP contribution in [0.5, 0.6) is 0 Å². The third-order valence-electron chi connectivity index (χ3n) is 5.24. The Morgan fingerprint density at radius 2 is 1.36 bits per heavy atom. The summed E-state index contributed by atoms with van der Waals surface area (Å²) in [6.07, 6.45) is 20.2. The van der Waals surface area contributed by atoms with Gasteiger partial charge in [0, 0.05) is 6.54 Å². The van der Waals surface area contributed by atoms with Crippen LogP contribution in [0.4, 0.5) is 0 Å². The van der Waals surface area contributed by atoms with E-state index < -0.39 is 6.04 Å². The van der Waals surface area contributed by atoms with E-state index in [1.165, 1.54) is 77.0 Å². The first-order valence-corrected chi connectivity index (χ1v) is 10.9. The van der Waals surface area contributed by atoms with Crippen LogP contribution in [0.15, 0.2) is 0 Å². The maximum Gasteiger partial charge on any atom is 0.325 e. The van der Waals surface area contributed by atoms with E-state index in [1.807, 2.05) is 0 Å². The molecule has 1 aliphatic rings. The number of carbonyl (C=O) groups excluding carboxylic acids is 1. The lowest BCUT2D eigenvalue weighted by Gasteiger charge is -2.15. The molecule has 1 fully saturated rings. The molecule has 0 aromatic rings. The van der Waals surface area contributed by atoms with E-state index in [1.54, 1.807) is 0 Å².